The molecule has 0 atom stereocenters. The van der Waals surface area contributed by atoms with Crippen LogP contribution in [0.3, 0.4) is 0 Å². The van der Waals surface area contributed by atoms with Gasteiger partial charge in [-0.3, -0.25) is 4.79 Å². The van der Waals surface area contributed by atoms with Crippen LogP contribution >= 0.6 is 11.8 Å². The quantitative estimate of drug-likeness (QED) is 0.696. The van der Waals surface area contributed by atoms with Crippen LogP contribution < -0.4 is 5.32 Å². The van der Waals surface area contributed by atoms with Crippen molar-refractivity contribution in [2.45, 2.75) is 49.8 Å². The van der Waals surface area contributed by atoms with Gasteiger partial charge in [-0.25, -0.2) is 0 Å². The van der Waals surface area contributed by atoms with Gasteiger partial charge in [-0.2, -0.15) is 0 Å². The van der Waals surface area contributed by atoms with Crippen molar-refractivity contribution in [3.63, 3.8) is 0 Å². The minimum Gasteiger partial charge on any atom is -0.352 e. The molecule has 0 saturated heterocycles. The minimum absolute atomic E-state index is 0.0146. The molecule has 2 rings (SSSR count). The van der Waals surface area contributed by atoms with E-state index in [0.29, 0.717) is 11.8 Å². The predicted molar refractivity (Wildman–Crippen MR) is 103 cm³/mol. The molecule has 0 spiro atoms. The summed E-state index contributed by atoms with van der Waals surface area (Å²) in [6, 6.07) is 16.3. The fraction of sp³-hybridized carbons (Fsp3) is 0.381. The number of nitrogens with one attached hydrogen (secondary N) is 1. The van der Waals surface area contributed by atoms with E-state index in [0.717, 1.165) is 23.4 Å². The van der Waals surface area contributed by atoms with Crippen molar-refractivity contribution in [1.29, 1.82) is 0 Å². The molecule has 1 amide bonds. The molecule has 0 saturated carbocycles. The average molecular weight is 342 g/mol. The Bertz CT molecular complexity index is 679. The first-order valence-corrected chi connectivity index (χ1v) is 9.44. The van der Waals surface area contributed by atoms with E-state index in [2.05, 4.69) is 57.3 Å². The first-order valence-electron chi connectivity index (χ1n) is 8.63. The number of amides is 1. The van der Waals surface area contributed by atoms with Crippen LogP contribution in [-0.4, -0.2) is 12.5 Å². The van der Waals surface area contributed by atoms with Gasteiger partial charge in [0, 0.05) is 16.3 Å². The first kappa shape index (κ1) is 18.6. The topological polar surface area (TPSA) is 29.1 Å². The van der Waals surface area contributed by atoms with Crippen molar-refractivity contribution in [2.24, 2.45) is 5.92 Å². The molecule has 0 aromatic heterocycles. The van der Waals surface area contributed by atoms with Gasteiger partial charge in [0.05, 0.1) is 5.56 Å². The fourth-order valence-corrected chi connectivity index (χ4v) is 3.70. The van der Waals surface area contributed by atoms with E-state index in [4.69, 9.17) is 0 Å². The highest BCUT2D eigenvalue weighted by molar-refractivity contribution is 7.99. The molecule has 0 aliphatic carbocycles. The van der Waals surface area contributed by atoms with E-state index in [1.54, 1.807) is 11.8 Å². The van der Waals surface area contributed by atoms with Crippen molar-refractivity contribution in [3.05, 3.63) is 59.7 Å². The average Bonchev–Trinajstić information content (AvgIpc) is 2.55. The molecule has 0 fully saturated rings. The van der Waals surface area contributed by atoms with E-state index < -0.39 is 0 Å². The summed E-state index contributed by atoms with van der Waals surface area (Å²) in [4.78, 5) is 14.8. The van der Waals surface area contributed by atoms with E-state index in [1.165, 1.54) is 10.5 Å². The van der Waals surface area contributed by atoms with Gasteiger partial charge in [0.15, 0.2) is 0 Å². The summed E-state index contributed by atoms with van der Waals surface area (Å²) < 4.78 is 0. The zero-order chi connectivity index (χ0) is 17.5. The van der Waals surface area contributed by atoms with Crippen molar-refractivity contribution < 1.29 is 4.79 Å². The van der Waals surface area contributed by atoms with Crippen LogP contribution in [0.5, 0.6) is 0 Å². The summed E-state index contributed by atoms with van der Waals surface area (Å²) in [7, 11) is 0. The highest BCUT2D eigenvalue weighted by atomic mass is 32.2. The number of hydrogen-bond acceptors (Lipinski definition) is 2. The van der Waals surface area contributed by atoms with Crippen LogP contribution in [0.4, 0.5) is 0 Å². The summed E-state index contributed by atoms with van der Waals surface area (Å²) in [6.07, 6.45) is 0.997. The van der Waals surface area contributed by atoms with Crippen LogP contribution in [0.15, 0.2) is 58.3 Å². The van der Waals surface area contributed by atoms with Crippen molar-refractivity contribution >= 4 is 17.7 Å². The fourth-order valence-electron chi connectivity index (χ4n) is 2.48. The van der Waals surface area contributed by atoms with E-state index in [-0.39, 0.29) is 5.91 Å². The van der Waals surface area contributed by atoms with Crippen LogP contribution in [0.1, 0.15) is 56.0 Å². The standard InChI is InChI=1S/C21H27NOS/c1-15(2)13-14-22-21(23)18-10-6-8-12-20(18)24-19-11-7-5-9-17(19)16(3)4/h5-12,15-16H,13-14H2,1-4H3,(H,22,23). The zero-order valence-electron chi connectivity index (χ0n) is 15.0. The van der Waals surface area contributed by atoms with Crippen molar-refractivity contribution in [1.82, 2.24) is 5.32 Å². The molecule has 0 unspecified atom stereocenters. The van der Waals surface area contributed by atoms with E-state index >= 15 is 0 Å². The SMILES string of the molecule is CC(C)CCNC(=O)c1ccccc1Sc1ccccc1C(C)C. The molecule has 2 nitrogen and oxygen atoms in total. The van der Waals surface area contributed by atoms with Crippen LogP contribution in [-0.2, 0) is 0 Å². The Hall–Kier alpha value is -1.74. The largest absolute Gasteiger partial charge is 0.352 e. The second kappa shape index (κ2) is 8.93. The lowest BCUT2D eigenvalue weighted by Crippen LogP contribution is -2.25. The lowest BCUT2D eigenvalue weighted by molar-refractivity contribution is 0.0949. The number of benzene rings is 2. The predicted octanol–water partition coefficient (Wildman–Crippen LogP) is 5.74. The molecular weight excluding hydrogens is 314 g/mol. The van der Waals surface area contributed by atoms with Gasteiger partial charge in [-0.15, -0.1) is 0 Å². The van der Waals surface area contributed by atoms with Gasteiger partial charge >= 0.3 is 0 Å². The summed E-state index contributed by atoms with van der Waals surface area (Å²) in [5.41, 5.74) is 2.07. The maximum absolute atomic E-state index is 12.5. The number of carbonyl (C=O) groups excluding carboxylic acids is 1. The Morgan fingerprint density at radius 3 is 2.25 bits per heavy atom. The molecule has 0 radical (unpaired) electrons. The smallest absolute Gasteiger partial charge is 0.252 e. The van der Waals surface area contributed by atoms with Crippen molar-refractivity contribution in [2.75, 3.05) is 6.54 Å². The van der Waals surface area contributed by atoms with Gasteiger partial charge in [0.2, 0.25) is 0 Å². The second-order valence-corrected chi connectivity index (χ2v) is 7.81. The third-order valence-corrected chi connectivity index (χ3v) is 5.07. The lowest BCUT2D eigenvalue weighted by atomic mass is 10.0. The van der Waals surface area contributed by atoms with E-state index in [1.807, 2.05) is 24.3 Å². The highest BCUT2D eigenvalue weighted by Crippen LogP contribution is 2.35. The monoisotopic (exact) mass is 341 g/mol. The molecule has 3 heteroatoms. The second-order valence-electron chi connectivity index (χ2n) is 6.73. The van der Waals surface area contributed by atoms with Crippen molar-refractivity contribution in [3.8, 4) is 0 Å². The van der Waals surface area contributed by atoms with E-state index in [9.17, 15) is 4.79 Å². The Labute approximate surface area is 150 Å². The Morgan fingerprint density at radius 2 is 1.58 bits per heavy atom. The first-order chi connectivity index (χ1) is 11.5. The summed E-state index contributed by atoms with van der Waals surface area (Å²) in [5.74, 6) is 1.06. The number of rotatable bonds is 7. The highest BCUT2D eigenvalue weighted by Gasteiger charge is 2.14. The molecule has 0 aliphatic rings. The molecule has 128 valence electrons. The maximum Gasteiger partial charge on any atom is 0.252 e. The Balaban J connectivity index is 2.19. The minimum atomic E-state index is 0.0146. The van der Waals surface area contributed by atoms with Gasteiger partial charge in [-0.1, -0.05) is 69.8 Å². The molecule has 0 bridgehead atoms. The molecule has 0 heterocycles. The third kappa shape index (κ3) is 5.13. The number of hydrogen-bond donors (Lipinski definition) is 1. The molecule has 0 aliphatic heterocycles. The van der Waals surface area contributed by atoms with Gasteiger partial charge < -0.3 is 5.32 Å². The molecule has 2 aromatic rings. The van der Waals surface area contributed by atoms with Gasteiger partial charge in [-0.05, 0) is 42.0 Å². The molecule has 2 aromatic carbocycles. The number of carbonyl (C=O) groups is 1. The summed E-state index contributed by atoms with van der Waals surface area (Å²) in [5, 5.41) is 3.04. The summed E-state index contributed by atoms with van der Waals surface area (Å²) >= 11 is 1.68. The van der Waals surface area contributed by atoms with Crippen LogP contribution in [0, 0.1) is 5.92 Å². The van der Waals surface area contributed by atoms with Crippen LogP contribution in [0.2, 0.25) is 0 Å². The Kier molecular flexibility index (Phi) is 6.92. The van der Waals surface area contributed by atoms with Gasteiger partial charge in [0.1, 0.15) is 0 Å². The van der Waals surface area contributed by atoms with Crippen LogP contribution in [0.25, 0.3) is 0 Å². The Morgan fingerprint density at radius 1 is 0.958 bits per heavy atom. The van der Waals surface area contributed by atoms with Gasteiger partial charge in [0.25, 0.3) is 5.91 Å². The zero-order valence-corrected chi connectivity index (χ0v) is 15.8. The molecule has 24 heavy (non-hydrogen) atoms. The normalized spacial score (nSPS) is 11.1. The maximum atomic E-state index is 12.5. The third-order valence-electron chi connectivity index (χ3n) is 3.90. The molecule has 1 N–H and O–H groups in total. The summed E-state index contributed by atoms with van der Waals surface area (Å²) in [6.45, 7) is 9.45. The molecular formula is C21H27NOS. The lowest BCUT2D eigenvalue weighted by Gasteiger charge is -2.14.